The predicted octanol–water partition coefficient (Wildman–Crippen LogP) is 4.48. The van der Waals surface area contributed by atoms with Crippen molar-refractivity contribution in [1.29, 1.82) is 0 Å². The maximum atomic E-state index is 11.6. The normalized spacial score (nSPS) is 13.8. The van der Waals surface area contributed by atoms with Gasteiger partial charge in [0.15, 0.2) is 0 Å². The lowest BCUT2D eigenvalue weighted by atomic mass is 10.3. The molecule has 2 aromatic rings. The van der Waals surface area contributed by atoms with Crippen LogP contribution in [0.5, 0.6) is 0 Å². The van der Waals surface area contributed by atoms with Crippen molar-refractivity contribution in [3.8, 4) is 0 Å². The Kier molecular flexibility index (Phi) is 3.99. The highest BCUT2D eigenvalue weighted by Gasteiger charge is 2.29. The molecule has 0 radical (unpaired) electrons. The number of halogens is 2. The van der Waals surface area contributed by atoms with E-state index in [1.165, 1.54) is 0 Å². The van der Waals surface area contributed by atoms with Crippen LogP contribution >= 0.6 is 23.2 Å². The monoisotopic (exact) mass is 321 g/mol. The highest BCUT2D eigenvalue weighted by atomic mass is 35.5. The molecular weight excluding hydrogens is 309 g/mol. The molecule has 0 aliphatic heterocycles. The molecule has 1 aromatic heterocycles. The maximum Gasteiger partial charge on any atom is 0.228 e. The van der Waals surface area contributed by atoms with Crippen molar-refractivity contribution in [1.82, 2.24) is 4.98 Å². The minimum Gasteiger partial charge on any atom is -0.354 e. The van der Waals surface area contributed by atoms with Crippen LogP contribution < -0.4 is 10.6 Å². The number of rotatable bonds is 4. The van der Waals surface area contributed by atoms with Gasteiger partial charge in [-0.05, 0) is 43.2 Å². The van der Waals surface area contributed by atoms with E-state index in [4.69, 9.17) is 23.2 Å². The van der Waals surface area contributed by atoms with Gasteiger partial charge in [-0.2, -0.15) is 0 Å². The van der Waals surface area contributed by atoms with Gasteiger partial charge in [-0.3, -0.25) is 4.79 Å². The minimum atomic E-state index is 0.0488. The van der Waals surface area contributed by atoms with Gasteiger partial charge < -0.3 is 10.6 Å². The van der Waals surface area contributed by atoms with E-state index in [0.717, 1.165) is 24.2 Å². The van der Waals surface area contributed by atoms with Gasteiger partial charge >= 0.3 is 0 Å². The van der Waals surface area contributed by atoms with Gasteiger partial charge in [0.2, 0.25) is 5.91 Å². The molecule has 21 heavy (non-hydrogen) atoms. The average Bonchev–Trinajstić information content (AvgIpc) is 3.30. The molecule has 2 N–H and O–H groups in total. The Bertz CT molecular complexity index is 669. The summed E-state index contributed by atoms with van der Waals surface area (Å²) in [6.45, 7) is 0. The zero-order chi connectivity index (χ0) is 14.8. The first-order valence-electron chi connectivity index (χ1n) is 6.61. The van der Waals surface area contributed by atoms with Crippen LogP contribution in [0.4, 0.5) is 17.2 Å². The van der Waals surface area contributed by atoms with E-state index in [9.17, 15) is 4.79 Å². The zero-order valence-corrected chi connectivity index (χ0v) is 12.6. The summed E-state index contributed by atoms with van der Waals surface area (Å²) >= 11 is 11.8. The quantitative estimate of drug-likeness (QED) is 0.872. The molecule has 1 aliphatic rings. The topological polar surface area (TPSA) is 54.0 Å². The Morgan fingerprint density at radius 3 is 2.48 bits per heavy atom. The summed E-state index contributed by atoms with van der Waals surface area (Å²) in [5.41, 5.74) is 1.62. The summed E-state index contributed by atoms with van der Waals surface area (Å²) < 4.78 is 0. The lowest BCUT2D eigenvalue weighted by molar-refractivity contribution is -0.117. The van der Waals surface area contributed by atoms with E-state index in [1.54, 1.807) is 24.4 Å². The van der Waals surface area contributed by atoms with Crippen LogP contribution in [0.15, 0.2) is 36.5 Å². The van der Waals surface area contributed by atoms with Gasteiger partial charge in [0.1, 0.15) is 5.82 Å². The number of anilines is 3. The molecule has 0 atom stereocenters. The molecule has 6 heteroatoms. The van der Waals surface area contributed by atoms with Crippen LogP contribution in [-0.4, -0.2) is 10.9 Å². The van der Waals surface area contributed by atoms with Crippen LogP contribution in [0.3, 0.4) is 0 Å². The van der Waals surface area contributed by atoms with Crippen molar-refractivity contribution in [2.75, 3.05) is 10.6 Å². The summed E-state index contributed by atoms with van der Waals surface area (Å²) in [5, 5.41) is 6.97. The summed E-state index contributed by atoms with van der Waals surface area (Å²) in [6, 6.07) is 8.91. The van der Waals surface area contributed by atoms with E-state index in [1.807, 2.05) is 12.1 Å². The molecule has 0 spiro atoms. The van der Waals surface area contributed by atoms with Crippen LogP contribution in [0, 0.1) is 5.92 Å². The lowest BCUT2D eigenvalue weighted by Crippen LogP contribution is -2.14. The average molecular weight is 322 g/mol. The Balaban J connectivity index is 1.65. The molecule has 1 fully saturated rings. The van der Waals surface area contributed by atoms with Crippen molar-refractivity contribution >= 4 is 46.3 Å². The number of hydrogen-bond acceptors (Lipinski definition) is 3. The first kappa shape index (κ1) is 14.2. The Morgan fingerprint density at radius 2 is 1.86 bits per heavy atom. The lowest BCUT2D eigenvalue weighted by Gasteiger charge is -2.08. The highest BCUT2D eigenvalue weighted by Crippen LogP contribution is 2.30. The van der Waals surface area contributed by atoms with E-state index in [0.29, 0.717) is 15.9 Å². The third-order valence-electron chi connectivity index (χ3n) is 3.17. The summed E-state index contributed by atoms with van der Waals surface area (Å²) in [4.78, 5) is 15.8. The number of nitrogens with zero attached hydrogens (tertiary/aromatic N) is 1. The van der Waals surface area contributed by atoms with E-state index < -0.39 is 0 Å². The fraction of sp³-hybridized carbons (Fsp3) is 0.200. The fourth-order valence-corrected chi connectivity index (χ4v) is 2.15. The second-order valence-corrected chi connectivity index (χ2v) is 5.76. The molecular formula is C15H13Cl2N3O. The molecule has 1 saturated carbocycles. The summed E-state index contributed by atoms with van der Waals surface area (Å²) in [5.74, 6) is 0.778. The van der Waals surface area contributed by atoms with Gasteiger partial charge in [-0.15, -0.1) is 0 Å². The smallest absolute Gasteiger partial charge is 0.228 e. The largest absolute Gasteiger partial charge is 0.354 e. The Labute approximate surface area is 132 Å². The van der Waals surface area contributed by atoms with Crippen LogP contribution in [0.1, 0.15) is 12.8 Å². The van der Waals surface area contributed by atoms with Gasteiger partial charge in [-0.1, -0.05) is 23.2 Å². The number of carbonyl (C=O) groups excluding carboxylic acids is 1. The van der Waals surface area contributed by atoms with Crippen LogP contribution in [0.2, 0.25) is 10.0 Å². The van der Waals surface area contributed by atoms with Crippen LogP contribution in [-0.2, 0) is 4.79 Å². The van der Waals surface area contributed by atoms with E-state index in [2.05, 4.69) is 15.6 Å². The maximum absolute atomic E-state index is 11.6. The number of hydrogen-bond donors (Lipinski definition) is 2. The van der Waals surface area contributed by atoms with E-state index in [-0.39, 0.29) is 11.8 Å². The number of pyridine rings is 1. The number of aromatic nitrogens is 1. The standard InChI is InChI=1S/C15H13Cl2N3O/c16-12-5-3-10(7-13(12)17)19-11-4-6-14(18-8-11)20-15(21)9-1-2-9/h3-9,19H,1-2H2,(H,18,20,21). The third kappa shape index (κ3) is 3.65. The summed E-state index contributed by atoms with van der Waals surface area (Å²) in [6.07, 6.45) is 3.61. The number of benzene rings is 1. The number of nitrogens with one attached hydrogen (secondary N) is 2. The number of carbonyl (C=O) groups is 1. The molecule has 1 heterocycles. The molecule has 0 bridgehead atoms. The molecule has 1 aliphatic carbocycles. The van der Waals surface area contributed by atoms with Crippen molar-refractivity contribution in [3.63, 3.8) is 0 Å². The molecule has 0 saturated heterocycles. The SMILES string of the molecule is O=C(Nc1ccc(Nc2ccc(Cl)c(Cl)c2)cn1)C1CC1. The van der Waals surface area contributed by atoms with Gasteiger partial charge in [0.25, 0.3) is 0 Å². The third-order valence-corrected chi connectivity index (χ3v) is 3.91. The minimum absolute atomic E-state index is 0.0488. The summed E-state index contributed by atoms with van der Waals surface area (Å²) in [7, 11) is 0. The Hall–Kier alpha value is -1.78. The van der Waals surface area contributed by atoms with Gasteiger partial charge in [-0.25, -0.2) is 4.98 Å². The van der Waals surface area contributed by atoms with Crippen molar-refractivity contribution < 1.29 is 4.79 Å². The van der Waals surface area contributed by atoms with Crippen LogP contribution in [0.25, 0.3) is 0 Å². The molecule has 3 rings (SSSR count). The molecule has 1 aromatic carbocycles. The fourth-order valence-electron chi connectivity index (χ4n) is 1.86. The second-order valence-electron chi connectivity index (χ2n) is 4.95. The van der Waals surface area contributed by atoms with Gasteiger partial charge in [0, 0.05) is 11.6 Å². The van der Waals surface area contributed by atoms with Crippen molar-refractivity contribution in [3.05, 3.63) is 46.6 Å². The predicted molar refractivity (Wildman–Crippen MR) is 85.3 cm³/mol. The second kappa shape index (κ2) is 5.92. The molecule has 0 unspecified atom stereocenters. The van der Waals surface area contributed by atoms with Crippen molar-refractivity contribution in [2.45, 2.75) is 12.8 Å². The van der Waals surface area contributed by atoms with E-state index >= 15 is 0 Å². The molecule has 1 amide bonds. The zero-order valence-electron chi connectivity index (χ0n) is 11.1. The first-order chi connectivity index (χ1) is 10.1. The molecule has 4 nitrogen and oxygen atoms in total. The van der Waals surface area contributed by atoms with Gasteiger partial charge in [0.05, 0.1) is 21.9 Å². The number of amides is 1. The highest BCUT2D eigenvalue weighted by molar-refractivity contribution is 6.42. The van der Waals surface area contributed by atoms with Crippen molar-refractivity contribution in [2.24, 2.45) is 5.92 Å². The Morgan fingerprint density at radius 1 is 1.10 bits per heavy atom. The molecule has 108 valence electrons. The first-order valence-corrected chi connectivity index (χ1v) is 7.36.